The van der Waals surface area contributed by atoms with Gasteiger partial charge in [0.25, 0.3) is 5.22 Å². The standard InChI is InChI=1S/C25H23N3O5S/c1-30-20-13-17(14-21(31-2)23(20)32-3)24-27-28-25(33-24)34-15-22(29)26-19-12-8-7-11-18(19)16-9-5-4-6-10-16/h4-14H,15H2,1-3H3,(H,26,29). The summed E-state index contributed by atoms with van der Waals surface area (Å²) in [5.74, 6) is 1.62. The number of para-hydroxylation sites is 1. The fourth-order valence-electron chi connectivity index (χ4n) is 3.36. The van der Waals surface area contributed by atoms with Crippen molar-refractivity contribution in [3.8, 4) is 39.8 Å². The van der Waals surface area contributed by atoms with Crippen LogP contribution in [0, 0.1) is 0 Å². The number of carbonyl (C=O) groups excluding carboxylic acids is 1. The van der Waals surface area contributed by atoms with Gasteiger partial charge >= 0.3 is 0 Å². The Morgan fingerprint density at radius 3 is 2.24 bits per heavy atom. The molecule has 0 saturated heterocycles. The van der Waals surface area contributed by atoms with Crippen molar-refractivity contribution in [2.45, 2.75) is 5.22 Å². The second-order valence-corrected chi connectivity index (χ2v) is 7.96. The maximum Gasteiger partial charge on any atom is 0.277 e. The van der Waals surface area contributed by atoms with Crippen molar-refractivity contribution in [1.29, 1.82) is 0 Å². The van der Waals surface area contributed by atoms with Crippen LogP contribution >= 0.6 is 11.8 Å². The maximum atomic E-state index is 12.6. The van der Waals surface area contributed by atoms with Crippen LogP contribution in [0.1, 0.15) is 0 Å². The monoisotopic (exact) mass is 477 g/mol. The fourth-order valence-corrected chi connectivity index (χ4v) is 3.93. The van der Waals surface area contributed by atoms with Crippen molar-refractivity contribution >= 4 is 23.4 Å². The molecule has 1 N–H and O–H groups in total. The van der Waals surface area contributed by atoms with Gasteiger partial charge in [-0.05, 0) is 23.8 Å². The van der Waals surface area contributed by atoms with Crippen molar-refractivity contribution in [2.24, 2.45) is 0 Å². The predicted molar refractivity (Wildman–Crippen MR) is 131 cm³/mol. The van der Waals surface area contributed by atoms with Gasteiger partial charge in [0.2, 0.25) is 17.5 Å². The van der Waals surface area contributed by atoms with E-state index in [1.165, 1.54) is 21.3 Å². The highest BCUT2D eigenvalue weighted by Gasteiger charge is 2.18. The van der Waals surface area contributed by atoms with Crippen LogP contribution in [0.5, 0.6) is 17.2 Å². The second kappa shape index (κ2) is 10.8. The number of hydrogen-bond acceptors (Lipinski definition) is 8. The molecule has 0 aliphatic heterocycles. The minimum atomic E-state index is -0.180. The number of anilines is 1. The van der Waals surface area contributed by atoms with Crippen LogP contribution < -0.4 is 19.5 Å². The first-order chi connectivity index (χ1) is 16.6. The van der Waals surface area contributed by atoms with Gasteiger partial charge in [-0.1, -0.05) is 60.3 Å². The number of nitrogens with zero attached hydrogens (tertiary/aromatic N) is 2. The highest BCUT2D eigenvalue weighted by atomic mass is 32.2. The van der Waals surface area contributed by atoms with Gasteiger partial charge in [0.05, 0.1) is 27.1 Å². The summed E-state index contributed by atoms with van der Waals surface area (Å²) < 4.78 is 21.8. The Hall–Kier alpha value is -3.98. The molecule has 0 saturated carbocycles. The third-order valence-corrected chi connectivity index (χ3v) is 5.75. The zero-order valence-corrected chi connectivity index (χ0v) is 19.7. The van der Waals surface area contributed by atoms with Crippen LogP contribution in [0.3, 0.4) is 0 Å². The van der Waals surface area contributed by atoms with Crippen LogP contribution in [0.4, 0.5) is 5.69 Å². The van der Waals surface area contributed by atoms with E-state index in [4.69, 9.17) is 18.6 Å². The van der Waals surface area contributed by atoms with Crippen LogP contribution in [0.25, 0.3) is 22.6 Å². The predicted octanol–water partition coefficient (Wildman–Crippen LogP) is 5.16. The number of methoxy groups -OCH3 is 3. The number of thioether (sulfide) groups is 1. The molecule has 0 atom stereocenters. The molecule has 0 unspecified atom stereocenters. The molecule has 0 aliphatic rings. The minimum absolute atomic E-state index is 0.111. The first kappa shape index (κ1) is 23.2. The number of rotatable bonds is 9. The number of nitrogens with one attached hydrogen (secondary N) is 1. The molecule has 9 heteroatoms. The lowest BCUT2D eigenvalue weighted by atomic mass is 10.0. The normalized spacial score (nSPS) is 10.6. The zero-order valence-electron chi connectivity index (χ0n) is 18.9. The van der Waals surface area contributed by atoms with E-state index in [0.29, 0.717) is 22.8 Å². The molecule has 174 valence electrons. The molecule has 3 aromatic carbocycles. The molecule has 1 amide bonds. The maximum absolute atomic E-state index is 12.6. The van der Waals surface area contributed by atoms with E-state index in [1.54, 1.807) is 12.1 Å². The highest BCUT2D eigenvalue weighted by molar-refractivity contribution is 7.99. The lowest BCUT2D eigenvalue weighted by Crippen LogP contribution is -2.14. The van der Waals surface area contributed by atoms with Crippen molar-refractivity contribution in [2.75, 3.05) is 32.4 Å². The number of carbonyl (C=O) groups is 1. The first-order valence-electron chi connectivity index (χ1n) is 10.3. The molecular weight excluding hydrogens is 454 g/mol. The van der Waals surface area contributed by atoms with Crippen LogP contribution in [-0.2, 0) is 4.79 Å². The molecule has 0 fully saturated rings. The molecule has 1 aromatic heterocycles. The number of ether oxygens (including phenoxy) is 3. The Balaban J connectivity index is 1.44. The fraction of sp³-hybridized carbons (Fsp3) is 0.160. The summed E-state index contributed by atoms with van der Waals surface area (Å²) >= 11 is 1.15. The van der Waals surface area contributed by atoms with Crippen LogP contribution in [0.2, 0.25) is 0 Å². The summed E-state index contributed by atoms with van der Waals surface area (Å²) in [6, 6.07) is 21.0. The molecule has 0 radical (unpaired) electrons. The molecule has 0 spiro atoms. The van der Waals surface area contributed by atoms with Gasteiger partial charge < -0.3 is 23.9 Å². The molecule has 34 heavy (non-hydrogen) atoms. The van der Waals surface area contributed by atoms with Gasteiger partial charge in [0.1, 0.15) is 0 Å². The van der Waals surface area contributed by atoms with E-state index in [1.807, 2.05) is 54.6 Å². The number of amides is 1. The Morgan fingerprint density at radius 1 is 0.882 bits per heavy atom. The van der Waals surface area contributed by atoms with E-state index in [2.05, 4.69) is 15.5 Å². The van der Waals surface area contributed by atoms with E-state index >= 15 is 0 Å². The molecule has 4 rings (SSSR count). The molecule has 0 bridgehead atoms. The van der Waals surface area contributed by atoms with Crippen molar-refractivity contribution < 1.29 is 23.4 Å². The smallest absolute Gasteiger partial charge is 0.277 e. The molecular formula is C25H23N3O5S. The summed E-state index contributed by atoms with van der Waals surface area (Å²) in [6.45, 7) is 0. The molecule has 8 nitrogen and oxygen atoms in total. The Bertz CT molecular complexity index is 1250. The van der Waals surface area contributed by atoms with E-state index < -0.39 is 0 Å². The molecule has 1 heterocycles. The Kier molecular flexibility index (Phi) is 7.34. The van der Waals surface area contributed by atoms with Gasteiger partial charge in [-0.25, -0.2) is 0 Å². The summed E-state index contributed by atoms with van der Waals surface area (Å²) in [4.78, 5) is 12.6. The lowest BCUT2D eigenvalue weighted by molar-refractivity contribution is -0.113. The Morgan fingerprint density at radius 2 is 1.56 bits per heavy atom. The molecule has 4 aromatic rings. The molecule has 0 aliphatic carbocycles. The second-order valence-electron chi connectivity index (χ2n) is 7.04. The topological polar surface area (TPSA) is 95.7 Å². The minimum Gasteiger partial charge on any atom is -0.493 e. The van der Waals surface area contributed by atoms with Crippen molar-refractivity contribution in [1.82, 2.24) is 10.2 Å². The van der Waals surface area contributed by atoms with Gasteiger partial charge in [0, 0.05) is 16.8 Å². The largest absolute Gasteiger partial charge is 0.493 e. The number of aromatic nitrogens is 2. The summed E-state index contributed by atoms with van der Waals surface area (Å²) in [6.07, 6.45) is 0. The van der Waals surface area contributed by atoms with E-state index in [0.717, 1.165) is 28.6 Å². The first-order valence-corrected chi connectivity index (χ1v) is 11.3. The van der Waals surface area contributed by atoms with E-state index in [9.17, 15) is 4.79 Å². The van der Waals surface area contributed by atoms with Crippen LogP contribution in [-0.4, -0.2) is 43.2 Å². The van der Waals surface area contributed by atoms with Crippen molar-refractivity contribution in [3.63, 3.8) is 0 Å². The van der Waals surface area contributed by atoms with E-state index in [-0.39, 0.29) is 22.8 Å². The SMILES string of the molecule is COc1cc(-c2nnc(SCC(=O)Nc3ccccc3-c3ccccc3)o2)cc(OC)c1OC. The van der Waals surface area contributed by atoms with Gasteiger partial charge in [-0.3, -0.25) is 4.79 Å². The lowest BCUT2D eigenvalue weighted by Gasteiger charge is -2.12. The third kappa shape index (κ3) is 5.15. The van der Waals surface area contributed by atoms with Gasteiger partial charge in [0.15, 0.2) is 11.5 Å². The average Bonchev–Trinajstić information content (AvgIpc) is 3.36. The van der Waals surface area contributed by atoms with Gasteiger partial charge in [-0.15, -0.1) is 10.2 Å². The van der Waals surface area contributed by atoms with Crippen molar-refractivity contribution in [3.05, 3.63) is 66.7 Å². The summed E-state index contributed by atoms with van der Waals surface area (Å²) in [7, 11) is 4.60. The van der Waals surface area contributed by atoms with Gasteiger partial charge in [-0.2, -0.15) is 0 Å². The van der Waals surface area contributed by atoms with Crippen LogP contribution in [0.15, 0.2) is 76.4 Å². The average molecular weight is 478 g/mol. The quantitative estimate of drug-likeness (QED) is 0.330. The Labute approximate surface area is 201 Å². The summed E-state index contributed by atoms with van der Waals surface area (Å²) in [5, 5.41) is 11.4. The number of hydrogen-bond donors (Lipinski definition) is 1. The zero-order chi connectivity index (χ0) is 23.9. The number of benzene rings is 3. The summed E-state index contributed by atoms with van der Waals surface area (Å²) in [5.41, 5.74) is 3.32. The highest BCUT2D eigenvalue weighted by Crippen LogP contribution is 2.41. The third-order valence-electron chi connectivity index (χ3n) is 4.93.